The Balaban J connectivity index is 1.44. The molecule has 0 spiro atoms. The molecule has 23 heavy (non-hydrogen) atoms. The summed E-state index contributed by atoms with van der Waals surface area (Å²) >= 11 is 0. The SMILES string of the molecule is Cc1cnc(C2CC2)n1CC1CCN(C(=O)c2cccn2C)C1. The summed E-state index contributed by atoms with van der Waals surface area (Å²) < 4.78 is 4.29. The number of hydrogen-bond acceptors (Lipinski definition) is 2. The van der Waals surface area contributed by atoms with Gasteiger partial charge in [0.2, 0.25) is 0 Å². The highest BCUT2D eigenvalue weighted by molar-refractivity contribution is 5.92. The van der Waals surface area contributed by atoms with E-state index in [-0.39, 0.29) is 5.91 Å². The first-order valence-electron chi connectivity index (χ1n) is 8.56. The van der Waals surface area contributed by atoms with Crippen molar-refractivity contribution in [2.45, 2.75) is 38.6 Å². The lowest BCUT2D eigenvalue weighted by molar-refractivity contribution is 0.0776. The number of aromatic nitrogens is 3. The van der Waals surface area contributed by atoms with Gasteiger partial charge >= 0.3 is 0 Å². The van der Waals surface area contributed by atoms with E-state index in [1.165, 1.54) is 24.4 Å². The molecule has 2 aliphatic rings. The van der Waals surface area contributed by atoms with E-state index in [1.54, 1.807) is 0 Å². The topological polar surface area (TPSA) is 43.1 Å². The van der Waals surface area contributed by atoms with Gasteiger partial charge in [0.25, 0.3) is 5.91 Å². The first-order chi connectivity index (χ1) is 11.1. The molecular formula is C18H24N4O. The minimum Gasteiger partial charge on any atom is -0.347 e. The predicted molar refractivity (Wildman–Crippen MR) is 88.4 cm³/mol. The summed E-state index contributed by atoms with van der Waals surface area (Å²) in [6.07, 6.45) is 7.56. The van der Waals surface area contributed by atoms with Crippen molar-refractivity contribution in [1.82, 2.24) is 19.0 Å². The fourth-order valence-electron chi connectivity index (χ4n) is 3.65. The van der Waals surface area contributed by atoms with Gasteiger partial charge < -0.3 is 14.0 Å². The first-order valence-corrected chi connectivity index (χ1v) is 8.56. The van der Waals surface area contributed by atoms with E-state index in [2.05, 4.69) is 16.5 Å². The van der Waals surface area contributed by atoms with Gasteiger partial charge in [-0.15, -0.1) is 0 Å². The van der Waals surface area contributed by atoms with Crippen LogP contribution in [0.2, 0.25) is 0 Å². The average Bonchev–Trinajstić information content (AvgIpc) is 2.94. The number of amides is 1. The molecule has 2 fully saturated rings. The summed E-state index contributed by atoms with van der Waals surface area (Å²) in [6, 6.07) is 3.83. The molecule has 2 aromatic heterocycles. The highest BCUT2D eigenvalue weighted by Crippen LogP contribution is 2.40. The van der Waals surface area contributed by atoms with Gasteiger partial charge in [-0.2, -0.15) is 0 Å². The minimum atomic E-state index is 0.157. The van der Waals surface area contributed by atoms with Gasteiger partial charge in [-0.05, 0) is 44.2 Å². The molecule has 3 heterocycles. The monoisotopic (exact) mass is 312 g/mol. The van der Waals surface area contributed by atoms with Crippen LogP contribution in [0, 0.1) is 12.8 Å². The molecule has 1 aliphatic carbocycles. The molecule has 1 saturated carbocycles. The average molecular weight is 312 g/mol. The molecule has 5 nitrogen and oxygen atoms in total. The number of likely N-dealkylation sites (tertiary alicyclic amines) is 1. The van der Waals surface area contributed by atoms with Crippen molar-refractivity contribution in [3.05, 3.63) is 41.7 Å². The largest absolute Gasteiger partial charge is 0.347 e. The lowest BCUT2D eigenvalue weighted by atomic mass is 10.1. The predicted octanol–water partition coefficient (Wildman–Crippen LogP) is 2.57. The molecule has 122 valence electrons. The molecule has 0 N–H and O–H groups in total. The van der Waals surface area contributed by atoms with Gasteiger partial charge in [-0.1, -0.05) is 0 Å². The normalized spacial score (nSPS) is 21.1. The molecule has 1 saturated heterocycles. The second-order valence-electron chi connectivity index (χ2n) is 7.05. The first kappa shape index (κ1) is 14.5. The Hall–Kier alpha value is -2.04. The van der Waals surface area contributed by atoms with Gasteiger partial charge in [0.15, 0.2) is 0 Å². The third kappa shape index (κ3) is 2.69. The smallest absolute Gasteiger partial charge is 0.270 e. The molecule has 0 aromatic carbocycles. The van der Waals surface area contributed by atoms with E-state index in [4.69, 9.17) is 0 Å². The highest BCUT2D eigenvalue weighted by atomic mass is 16.2. The van der Waals surface area contributed by atoms with Crippen LogP contribution in [0.1, 0.15) is 47.2 Å². The van der Waals surface area contributed by atoms with Crippen LogP contribution < -0.4 is 0 Å². The Labute approximate surface area is 136 Å². The maximum absolute atomic E-state index is 12.6. The van der Waals surface area contributed by atoms with E-state index < -0.39 is 0 Å². The quantitative estimate of drug-likeness (QED) is 0.871. The molecule has 0 radical (unpaired) electrons. The number of carbonyl (C=O) groups excluding carboxylic acids is 1. The van der Waals surface area contributed by atoms with Gasteiger partial charge in [-0.3, -0.25) is 4.79 Å². The molecule has 1 unspecified atom stereocenters. The van der Waals surface area contributed by atoms with Crippen molar-refractivity contribution >= 4 is 5.91 Å². The van der Waals surface area contributed by atoms with Crippen LogP contribution in [0.25, 0.3) is 0 Å². The van der Waals surface area contributed by atoms with E-state index in [0.29, 0.717) is 11.8 Å². The van der Waals surface area contributed by atoms with E-state index in [9.17, 15) is 4.79 Å². The molecule has 1 aliphatic heterocycles. The van der Waals surface area contributed by atoms with Crippen LogP contribution in [-0.4, -0.2) is 38.0 Å². The molecular weight excluding hydrogens is 288 g/mol. The lowest BCUT2D eigenvalue weighted by Crippen LogP contribution is -2.30. The maximum atomic E-state index is 12.6. The van der Waals surface area contributed by atoms with Gasteiger partial charge in [0.1, 0.15) is 11.5 Å². The molecule has 5 heteroatoms. The Bertz CT molecular complexity index is 725. The molecule has 0 bridgehead atoms. The fraction of sp³-hybridized carbons (Fsp3) is 0.556. The van der Waals surface area contributed by atoms with Gasteiger partial charge in [0.05, 0.1) is 0 Å². The van der Waals surface area contributed by atoms with Crippen LogP contribution in [-0.2, 0) is 13.6 Å². The van der Waals surface area contributed by atoms with Crippen molar-refractivity contribution in [3.63, 3.8) is 0 Å². The highest BCUT2D eigenvalue weighted by Gasteiger charge is 2.32. The summed E-state index contributed by atoms with van der Waals surface area (Å²) in [4.78, 5) is 19.2. The Morgan fingerprint density at radius 1 is 1.35 bits per heavy atom. The Kier molecular flexibility index (Phi) is 3.51. The Morgan fingerprint density at radius 3 is 2.87 bits per heavy atom. The summed E-state index contributed by atoms with van der Waals surface area (Å²) in [6.45, 7) is 4.85. The van der Waals surface area contributed by atoms with Crippen molar-refractivity contribution in [2.75, 3.05) is 13.1 Å². The molecule has 1 atom stereocenters. The van der Waals surface area contributed by atoms with Crippen molar-refractivity contribution in [1.29, 1.82) is 0 Å². The van der Waals surface area contributed by atoms with Crippen LogP contribution >= 0.6 is 0 Å². The summed E-state index contributed by atoms with van der Waals surface area (Å²) in [7, 11) is 1.93. The second-order valence-corrected chi connectivity index (χ2v) is 7.05. The van der Waals surface area contributed by atoms with Crippen LogP contribution in [0.4, 0.5) is 0 Å². The third-order valence-corrected chi connectivity index (χ3v) is 5.21. The minimum absolute atomic E-state index is 0.157. The van der Waals surface area contributed by atoms with E-state index in [0.717, 1.165) is 31.7 Å². The maximum Gasteiger partial charge on any atom is 0.270 e. The fourth-order valence-corrected chi connectivity index (χ4v) is 3.65. The van der Waals surface area contributed by atoms with E-state index in [1.807, 2.05) is 41.0 Å². The molecule has 2 aromatic rings. The number of rotatable bonds is 4. The zero-order valence-electron chi connectivity index (χ0n) is 13.9. The summed E-state index contributed by atoms with van der Waals surface area (Å²) in [5.74, 6) is 2.62. The van der Waals surface area contributed by atoms with Gasteiger partial charge in [-0.25, -0.2) is 4.98 Å². The van der Waals surface area contributed by atoms with Crippen molar-refractivity contribution in [3.8, 4) is 0 Å². The Morgan fingerprint density at radius 2 is 2.17 bits per heavy atom. The van der Waals surface area contributed by atoms with Gasteiger partial charge in [0, 0.05) is 50.7 Å². The van der Waals surface area contributed by atoms with Crippen LogP contribution in [0.3, 0.4) is 0 Å². The van der Waals surface area contributed by atoms with E-state index >= 15 is 0 Å². The standard InChI is InChI=1S/C18H24N4O/c1-13-10-19-17(15-5-6-15)22(13)12-14-7-9-21(11-14)18(23)16-4-3-8-20(16)2/h3-4,8,10,14-15H,5-7,9,11-12H2,1-2H3. The lowest BCUT2D eigenvalue weighted by Gasteiger charge is -2.18. The second kappa shape index (κ2) is 5.55. The van der Waals surface area contributed by atoms with Crippen molar-refractivity contribution in [2.24, 2.45) is 13.0 Å². The zero-order chi connectivity index (χ0) is 16.0. The number of imidazole rings is 1. The summed E-state index contributed by atoms with van der Waals surface area (Å²) in [5, 5.41) is 0. The molecule has 1 amide bonds. The number of aryl methyl sites for hydroxylation is 2. The van der Waals surface area contributed by atoms with Crippen LogP contribution in [0.5, 0.6) is 0 Å². The number of nitrogens with zero attached hydrogens (tertiary/aromatic N) is 4. The molecule has 4 rings (SSSR count). The van der Waals surface area contributed by atoms with Crippen molar-refractivity contribution < 1.29 is 4.79 Å². The number of carbonyl (C=O) groups is 1. The summed E-state index contributed by atoms with van der Waals surface area (Å²) in [5.41, 5.74) is 2.03. The third-order valence-electron chi connectivity index (χ3n) is 5.21. The zero-order valence-corrected chi connectivity index (χ0v) is 13.9. The van der Waals surface area contributed by atoms with Crippen LogP contribution in [0.15, 0.2) is 24.5 Å². The number of hydrogen-bond donors (Lipinski definition) is 0.